The Hall–Kier alpha value is -1.32. The lowest BCUT2D eigenvalue weighted by molar-refractivity contribution is 0.0928. The normalized spacial score (nSPS) is 12.5. The molecule has 0 saturated carbocycles. The molecule has 84 valence electrons. The van der Waals surface area contributed by atoms with Crippen LogP contribution in [0, 0.1) is 6.92 Å². The zero-order chi connectivity index (χ0) is 11.4. The average Bonchev–Trinajstić information content (AvgIpc) is 2.59. The van der Waals surface area contributed by atoms with Crippen molar-refractivity contribution in [2.75, 3.05) is 0 Å². The van der Waals surface area contributed by atoms with Gasteiger partial charge in [-0.2, -0.15) is 5.10 Å². The van der Waals surface area contributed by atoms with E-state index in [2.05, 4.69) is 10.4 Å². The lowest BCUT2D eigenvalue weighted by atomic mass is 10.2. The third kappa shape index (κ3) is 2.81. The first-order chi connectivity index (χ1) is 7.08. The van der Waals surface area contributed by atoms with Gasteiger partial charge in [-0.05, 0) is 33.3 Å². The first-order valence-corrected chi connectivity index (χ1v) is 5.43. The number of hydrogen-bond acceptors (Lipinski definition) is 2. The summed E-state index contributed by atoms with van der Waals surface area (Å²) >= 11 is 0. The van der Waals surface area contributed by atoms with E-state index in [0.717, 1.165) is 18.7 Å². The number of nitrogens with one attached hydrogen (secondary N) is 1. The van der Waals surface area contributed by atoms with Gasteiger partial charge in [-0.25, -0.2) is 0 Å². The fourth-order valence-corrected chi connectivity index (χ4v) is 1.37. The Morgan fingerprint density at radius 1 is 1.60 bits per heavy atom. The van der Waals surface area contributed by atoms with E-state index in [4.69, 9.17) is 0 Å². The van der Waals surface area contributed by atoms with Crippen LogP contribution < -0.4 is 5.32 Å². The fraction of sp³-hybridized carbons (Fsp3) is 0.636. The largest absolute Gasteiger partial charge is 0.348 e. The highest BCUT2D eigenvalue weighted by atomic mass is 16.2. The van der Waals surface area contributed by atoms with Crippen LogP contribution in [0.4, 0.5) is 0 Å². The summed E-state index contributed by atoms with van der Waals surface area (Å²) in [5.41, 5.74) is 1.53. The molecule has 1 heterocycles. The first-order valence-electron chi connectivity index (χ1n) is 5.43. The lowest BCUT2D eigenvalue weighted by Crippen LogP contribution is -2.33. The van der Waals surface area contributed by atoms with E-state index in [9.17, 15) is 4.79 Å². The quantitative estimate of drug-likeness (QED) is 0.821. The fourth-order valence-electron chi connectivity index (χ4n) is 1.37. The van der Waals surface area contributed by atoms with Gasteiger partial charge in [0.15, 0.2) is 0 Å². The van der Waals surface area contributed by atoms with E-state index in [0.29, 0.717) is 5.69 Å². The molecule has 1 atom stereocenters. The van der Waals surface area contributed by atoms with Gasteiger partial charge in [0.25, 0.3) is 5.91 Å². The molecule has 0 aliphatic rings. The molecule has 4 heteroatoms. The van der Waals surface area contributed by atoms with Crippen molar-refractivity contribution in [1.29, 1.82) is 0 Å². The highest BCUT2D eigenvalue weighted by molar-refractivity contribution is 5.92. The van der Waals surface area contributed by atoms with Crippen LogP contribution in [-0.2, 0) is 6.54 Å². The second kappa shape index (κ2) is 4.96. The highest BCUT2D eigenvalue weighted by Gasteiger charge is 2.14. The number of carbonyl (C=O) groups is 1. The number of hydrogen-bond donors (Lipinski definition) is 1. The van der Waals surface area contributed by atoms with Crippen molar-refractivity contribution in [3.8, 4) is 0 Å². The van der Waals surface area contributed by atoms with E-state index >= 15 is 0 Å². The van der Waals surface area contributed by atoms with Gasteiger partial charge in [0.1, 0.15) is 5.69 Å². The summed E-state index contributed by atoms with van der Waals surface area (Å²) < 4.78 is 1.73. The Kier molecular flexibility index (Phi) is 3.88. The van der Waals surface area contributed by atoms with Crippen molar-refractivity contribution < 1.29 is 4.79 Å². The zero-order valence-electron chi connectivity index (χ0n) is 9.87. The Morgan fingerprint density at radius 3 is 2.80 bits per heavy atom. The molecule has 1 amide bonds. The number of rotatable bonds is 4. The number of aryl methyl sites for hydroxylation is 2. The Labute approximate surface area is 90.7 Å². The topological polar surface area (TPSA) is 46.9 Å². The molecule has 0 radical (unpaired) electrons. The van der Waals surface area contributed by atoms with Crippen molar-refractivity contribution >= 4 is 5.91 Å². The van der Waals surface area contributed by atoms with Crippen molar-refractivity contribution in [3.63, 3.8) is 0 Å². The third-order valence-electron chi connectivity index (χ3n) is 2.42. The van der Waals surface area contributed by atoms with Crippen LogP contribution in [0.3, 0.4) is 0 Å². The second-order valence-electron chi connectivity index (χ2n) is 3.77. The molecular formula is C11H19N3O. The molecule has 1 unspecified atom stereocenters. The van der Waals surface area contributed by atoms with E-state index in [-0.39, 0.29) is 11.9 Å². The molecule has 1 rings (SSSR count). The van der Waals surface area contributed by atoms with Crippen molar-refractivity contribution in [2.45, 2.75) is 46.7 Å². The number of aromatic nitrogens is 2. The van der Waals surface area contributed by atoms with Crippen molar-refractivity contribution in [1.82, 2.24) is 15.1 Å². The van der Waals surface area contributed by atoms with Gasteiger partial charge in [-0.3, -0.25) is 9.48 Å². The monoisotopic (exact) mass is 209 g/mol. The van der Waals surface area contributed by atoms with E-state index in [1.807, 2.05) is 33.8 Å². The van der Waals surface area contributed by atoms with E-state index < -0.39 is 0 Å². The number of amides is 1. The zero-order valence-corrected chi connectivity index (χ0v) is 9.87. The highest BCUT2D eigenvalue weighted by Crippen LogP contribution is 2.04. The predicted molar refractivity (Wildman–Crippen MR) is 59.9 cm³/mol. The summed E-state index contributed by atoms with van der Waals surface area (Å²) in [5, 5.41) is 7.17. The molecule has 0 spiro atoms. The third-order valence-corrected chi connectivity index (χ3v) is 2.42. The number of carbonyl (C=O) groups excluding carboxylic acids is 1. The Balaban J connectivity index is 2.81. The molecule has 0 aromatic carbocycles. The van der Waals surface area contributed by atoms with Crippen LogP contribution >= 0.6 is 0 Å². The SMILES string of the molecule is CCC(C)NC(=O)c1cc(C)nn1CC. The summed E-state index contributed by atoms with van der Waals surface area (Å²) in [7, 11) is 0. The Morgan fingerprint density at radius 2 is 2.27 bits per heavy atom. The van der Waals surface area contributed by atoms with Gasteiger partial charge in [-0.1, -0.05) is 6.92 Å². The van der Waals surface area contributed by atoms with Gasteiger partial charge in [0.05, 0.1) is 5.69 Å². The van der Waals surface area contributed by atoms with Crippen molar-refractivity contribution in [2.24, 2.45) is 0 Å². The molecule has 0 bridgehead atoms. The minimum absolute atomic E-state index is 0.0354. The smallest absolute Gasteiger partial charge is 0.269 e. The molecule has 1 aromatic heterocycles. The van der Waals surface area contributed by atoms with Crippen molar-refractivity contribution in [3.05, 3.63) is 17.5 Å². The minimum atomic E-state index is -0.0354. The summed E-state index contributed by atoms with van der Waals surface area (Å²) in [5.74, 6) is -0.0354. The summed E-state index contributed by atoms with van der Waals surface area (Å²) in [6.07, 6.45) is 0.936. The van der Waals surface area contributed by atoms with Crippen LogP contribution in [0.1, 0.15) is 43.4 Å². The molecule has 0 saturated heterocycles. The molecular weight excluding hydrogens is 190 g/mol. The maximum absolute atomic E-state index is 11.8. The molecule has 4 nitrogen and oxygen atoms in total. The average molecular weight is 209 g/mol. The van der Waals surface area contributed by atoms with Gasteiger partial charge in [0.2, 0.25) is 0 Å². The van der Waals surface area contributed by atoms with Crippen LogP contribution in [0.5, 0.6) is 0 Å². The van der Waals surface area contributed by atoms with Gasteiger partial charge < -0.3 is 5.32 Å². The molecule has 0 aliphatic carbocycles. The summed E-state index contributed by atoms with van der Waals surface area (Å²) in [6.45, 7) is 8.64. The van der Waals surface area contributed by atoms with Crippen LogP contribution in [0.2, 0.25) is 0 Å². The maximum Gasteiger partial charge on any atom is 0.269 e. The van der Waals surface area contributed by atoms with Gasteiger partial charge >= 0.3 is 0 Å². The van der Waals surface area contributed by atoms with Gasteiger partial charge in [-0.15, -0.1) is 0 Å². The lowest BCUT2D eigenvalue weighted by Gasteiger charge is -2.11. The second-order valence-corrected chi connectivity index (χ2v) is 3.77. The standard InChI is InChI=1S/C11H19N3O/c1-5-8(3)12-11(15)10-7-9(4)13-14(10)6-2/h7-8H,5-6H2,1-4H3,(H,12,15). The molecule has 1 aromatic rings. The van der Waals surface area contributed by atoms with Crippen LogP contribution in [0.25, 0.3) is 0 Å². The minimum Gasteiger partial charge on any atom is -0.348 e. The summed E-state index contributed by atoms with van der Waals surface area (Å²) in [6, 6.07) is 2.03. The predicted octanol–water partition coefficient (Wildman–Crippen LogP) is 1.74. The number of nitrogens with zero attached hydrogens (tertiary/aromatic N) is 2. The summed E-state index contributed by atoms with van der Waals surface area (Å²) in [4.78, 5) is 11.8. The van der Waals surface area contributed by atoms with Gasteiger partial charge in [0, 0.05) is 12.6 Å². The maximum atomic E-state index is 11.8. The van der Waals surface area contributed by atoms with Crippen LogP contribution in [0.15, 0.2) is 6.07 Å². The van der Waals surface area contributed by atoms with Crippen LogP contribution in [-0.4, -0.2) is 21.7 Å². The Bertz CT molecular complexity index is 344. The molecule has 0 fully saturated rings. The molecule has 15 heavy (non-hydrogen) atoms. The molecule has 1 N–H and O–H groups in total. The van der Waals surface area contributed by atoms with E-state index in [1.165, 1.54) is 0 Å². The molecule has 0 aliphatic heterocycles. The first kappa shape index (κ1) is 11.8. The van der Waals surface area contributed by atoms with E-state index in [1.54, 1.807) is 4.68 Å².